The van der Waals surface area contributed by atoms with Gasteiger partial charge >= 0.3 is 0 Å². The first-order chi connectivity index (χ1) is 8.68. The molecule has 0 heterocycles. The molecular formula is C14H13ClN2S. The summed E-state index contributed by atoms with van der Waals surface area (Å²) >= 11 is 11.4. The Hall–Kier alpha value is -1.58. The van der Waals surface area contributed by atoms with E-state index in [1.54, 1.807) is 0 Å². The minimum atomic E-state index is 0.606. The van der Waals surface area contributed by atoms with E-state index in [0.29, 0.717) is 10.1 Å². The fourth-order valence-corrected chi connectivity index (χ4v) is 1.93. The van der Waals surface area contributed by atoms with Crippen molar-refractivity contribution in [1.29, 1.82) is 0 Å². The van der Waals surface area contributed by atoms with Crippen molar-refractivity contribution in [3.05, 3.63) is 59.6 Å². The minimum Gasteiger partial charge on any atom is -0.331 e. The van der Waals surface area contributed by atoms with Crippen LogP contribution in [0, 0.1) is 0 Å². The zero-order valence-electron chi connectivity index (χ0n) is 9.93. The summed E-state index contributed by atoms with van der Waals surface area (Å²) in [5.74, 6) is 0. The average molecular weight is 277 g/mol. The van der Waals surface area contributed by atoms with Crippen LogP contribution in [0.2, 0.25) is 5.02 Å². The van der Waals surface area contributed by atoms with E-state index in [1.807, 2.05) is 66.5 Å². The monoisotopic (exact) mass is 276 g/mol. The van der Waals surface area contributed by atoms with Gasteiger partial charge in [-0.1, -0.05) is 41.9 Å². The molecule has 0 unspecified atom stereocenters. The van der Waals surface area contributed by atoms with Crippen molar-refractivity contribution in [1.82, 2.24) is 0 Å². The van der Waals surface area contributed by atoms with Crippen molar-refractivity contribution in [2.24, 2.45) is 0 Å². The second-order valence-electron chi connectivity index (χ2n) is 3.80. The summed E-state index contributed by atoms with van der Waals surface area (Å²) in [6.07, 6.45) is 0. The van der Waals surface area contributed by atoms with Gasteiger partial charge in [0.15, 0.2) is 5.11 Å². The van der Waals surface area contributed by atoms with Gasteiger partial charge in [-0.2, -0.15) is 0 Å². The van der Waals surface area contributed by atoms with Crippen LogP contribution < -0.4 is 10.2 Å². The summed E-state index contributed by atoms with van der Waals surface area (Å²) in [6.45, 7) is 0. The Morgan fingerprint density at radius 2 is 1.67 bits per heavy atom. The van der Waals surface area contributed by atoms with Crippen LogP contribution in [0.4, 0.5) is 11.4 Å². The number of nitrogens with zero attached hydrogens (tertiary/aromatic N) is 1. The molecule has 0 aliphatic carbocycles. The molecule has 0 aliphatic rings. The molecule has 2 aromatic carbocycles. The number of halogens is 1. The SMILES string of the molecule is CN(C(=S)Nc1ccccc1Cl)c1ccccc1. The molecule has 92 valence electrons. The summed E-state index contributed by atoms with van der Waals surface area (Å²) in [5, 5.41) is 4.39. The Morgan fingerprint density at radius 1 is 1.06 bits per heavy atom. The van der Waals surface area contributed by atoms with Gasteiger partial charge in [0, 0.05) is 12.7 Å². The molecule has 0 atom stereocenters. The Kier molecular flexibility index (Phi) is 4.18. The quantitative estimate of drug-likeness (QED) is 0.829. The molecule has 4 heteroatoms. The Balaban J connectivity index is 2.12. The minimum absolute atomic E-state index is 0.606. The number of hydrogen-bond acceptors (Lipinski definition) is 1. The lowest BCUT2D eigenvalue weighted by Crippen LogP contribution is -2.30. The molecule has 0 amide bonds. The van der Waals surface area contributed by atoms with Gasteiger partial charge in [0.05, 0.1) is 10.7 Å². The molecule has 18 heavy (non-hydrogen) atoms. The van der Waals surface area contributed by atoms with Gasteiger partial charge in [-0.05, 0) is 36.5 Å². The van der Waals surface area contributed by atoms with Gasteiger partial charge < -0.3 is 10.2 Å². The third kappa shape index (κ3) is 3.00. The highest BCUT2D eigenvalue weighted by atomic mass is 35.5. The number of hydrogen-bond donors (Lipinski definition) is 1. The predicted molar refractivity (Wildman–Crippen MR) is 82.5 cm³/mol. The number of nitrogens with one attached hydrogen (secondary N) is 1. The normalized spacial score (nSPS) is 9.89. The van der Waals surface area contributed by atoms with E-state index >= 15 is 0 Å². The number of rotatable bonds is 2. The van der Waals surface area contributed by atoms with Crippen molar-refractivity contribution in [2.75, 3.05) is 17.3 Å². The highest BCUT2D eigenvalue weighted by molar-refractivity contribution is 7.80. The maximum atomic E-state index is 6.08. The number of thiocarbonyl (C=S) groups is 1. The molecule has 2 aromatic rings. The van der Waals surface area contributed by atoms with E-state index < -0.39 is 0 Å². The highest BCUT2D eigenvalue weighted by Gasteiger charge is 2.07. The predicted octanol–water partition coefficient (Wildman–Crippen LogP) is 4.17. The topological polar surface area (TPSA) is 15.3 Å². The Labute approximate surface area is 117 Å². The van der Waals surface area contributed by atoms with Gasteiger partial charge in [-0.15, -0.1) is 0 Å². The van der Waals surface area contributed by atoms with Gasteiger partial charge in [0.1, 0.15) is 0 Å². The third-order valence-electron chi connectivity index (χ3n) is 2.56. The second kappa shape index (κ2) is 5.85. The van der Waals surface area contributed by atoms with Crippen molar-refractivity contribution in [2.45, 2.75) is 0 Å². The molecule has 0 fully saturated rings. The number of anilines is 2. The smallest absolute Gasteiger partial charge is 0.177 e. The van der Waals surface area contributed by atoms with Crippen LogP contribution in [0.1, 0.15) is 0 Å². The summed E-state index contributed by atoms with van der Waals surface area (Å²) < 4.78 is 0. The molecular weight excluding hydrogens is 264 g/mol. The third-order valence-corrected chi connectivity index (χ3v) is 3.27. The summed E-state index contributed by atoms with van der Waals surface area (Å²) in [6, 6.07) is 17.5. The lowest BCUT2D eigenvalue weighted by Gasteiger charge is -2.21. The lowest BCUT2D eigenvalue weighted by molar-refractivity contribution is 1.28. The highest BCUT2D eigenvalue weighted by Crippen LogP contribution is 2.21. The van der Waals surface area contributed by atoms with E-state index in [4.69, 9.17) is 23.8 Å². The lowest BCUT2D eigenvalue weighted by atomic mass is 10.3. The number of para-hydroxylation sites is 2. The Bertz CT molecular complexity index is 543. The summed E-state index contributed by atoms with van der Waals surface area (Å²) in [7, 11) is 1.92. The molecule has 0 spiro atoms. The zero-order valence-corrected chi connectivity index (χ0v) is 11.5. The fraction of sp³-hybridized carbons (Fsp3) is 0.0714. The second-order valence-corrected chi connectivity index (χ2v) is 4.60. The summed E-state index contributed by atoms with van der Waals surface area (Å²) in [5.41, 5.74) is 1.84. The van der Waals surface area contributed by atoms with E-state index in [1.165, 1.54) is 0 Å². The van der Waals surface area contributed by atoms with Gasteiger partial charge in [0.2, 0.25) is 0 Å². The maximum absolute atomic E-state index is 6.08. The molecule has 0 aliphatic heterocycles. The fourth-order valence-electron chi connectivity index (χ4n) is 1.53. The van der Waals surface area contributed by atoms with Gasteiger partial charge in [-0.3, -0.25) is 0 Å². The van der Waals surface area contributed by atoms with E-state index in [0.717, 1.165) is 11.4 Å². The van der Waals surface area contributed by atoms with Crippen LogP contribution in [-0.4, -0.2) is 12.2 Å². The van der Waals surface area contributed by atoms with Crippen LogP contribution in [0.3, 0.4) is 0 Å². The summed E-state index contributed by atoms with van der Waals surface area (Å²) in [4.78, 5) is 1.90. The van der Waals surface area contributed by atoms with Crippen LogP contribution in [0.5, 0.6) is 0 Å². The molecule has 1 N–H and O–H groups in total. The zero-order chi connectivity index (χ0) is 13.0. The molecule has 0 radical (unpaired) electrons. The van der Waals surface area contributed by atoms with E-state index in [-0.39, 0.29) is 0 Å². The molecule has 0 aromatic heterocycles. The first-order valence-electron chi connectivity index (χ1n) is 5.53. The van der Waals surface area contributed by atoms with Crippen molar-refractivity contribution in [3.8, 4) is 0 Å². The van der Waals surface area contributed by atoms with Crippen LogP contribution in [-0.2, 0) is 0 Å². The van der Waals surface area contributed by atoms with E-state index in [2.05, 4.69) is 5.32 Å². The first kappa shape index (κ1) is 12.9. The van der Waals surface area contributed by atoms with Crippen molar-refractivity contribution < 1.29 is 0 Å². The molecule has 0 saturated carbocycles. The van der Waals surface area contributed by atoms with Crippen LogP contribution in [0.25, 0.3) is 0 Å². The maximum Gasteiger partial charge on any atom is 0.177 e. The van der Waals surface area contributed by atoms with Crippen LogP contribution >= 0.6 is 23.8 Å². The van der Waals surface area contributed by atoms with Crippen LogP contribution in [0.15, 0.2) is 54.6 Å². The number of benzene rings is 2. The first-order valence-corrected chi connectivity index (χ1v) is 6.31. The molecule has 0 bridgehead atoms. The standard InChI is InChI=1S/C14H13ClN2S/c1-17(11-7-3-2-4-8-11)14(18)16-13-10-6-5-9-12(13)15/h2-10H,1H3,(H,16,18). The average Bonchev–Trinajstić information content (AvgIpc) is 2.41. The van der Waals surface area contributed by atoms with Gasteiger partial charge in [-0.25, -0.2) is 0 Å². The van der Waals surface area contributed by atoms with Crippen molar-refractivity contribution >= 4 is 40.3 Å². The molecule has 2 nitrogen and oxygen atoms in total. The molecule has 2 rings (SSSR count). The van der Waals surface area contributed by atoms with Crippen molar-refractivity contribution in [3.63, 3.8) is 0 Å². The van der Waals surface area contributed by atoms with Gasteiger partial charge in [0.25, 0.3) is 0 Å². The molecule has 0 saturated heterocycles. The van der Waals surface area contributed by atoms with E-state index in [9.17, 15) is 0 Å². The Morgan fingerprint density at radius 3 is 2.33 bits per heavy atom. The largest absolute Gasteiger partial charge is 0.331 e.